The zero-order valence-corrected chi connectivity index (χ0v) is 16.0. The van der Waals surface area contributed by atoms with Gasteiger partial charge in [-0.15, -0.1) is 0 Å². The lowest BCUT2D eigenvalue weighted by atomic mass is 10.1. The lowest BCUT2D eigenvalue weighted by Gasteiger charge is -2.14. The van der Waals surface area contributed by atoms with Crippen molar-refractivity contribution in [1.29, 1.82) is 0 Å². The molecule has 0 atom stereocenters. The molecule has 146 valence electrons. The Balaban J connectivity index is 1.60. The van der Waals surface area contributed by atoms with E-state index in [1.165, 1.54) is 0 Å². The number of aryl methyl sites for hydroxylation is 2. The first-order chi connectivity index (χ1) is 14.3. The van der Waals surface area contributed by atoms with Gasteiger partial charge in [0.05, 0.1) is 11.9 Å². The average Bonchev–Trinajstić information content (AvgIpc) is 3.28. The molecule has 0 aliphatic rings. The Morgan fingerprint density at radius 2 is 1.69 bits per heavy atom. The van der Waals surface area contributed by atoms with Crippen LogP contribution in [0.5, 0.6) is 5.75 Å². The van der Waals surface area contributed by atoms with Crippen LogP contribution in [-0.4, -0.2) is 20.0 Å². The molecule has 4 aromatic rings. The molecule has 2 aromatic heterocycles. The number of rotatable bonds is 8. The molecule has 0 bridgehead atoms. The first kappa shape index (κ1) is 18.7. The van der Waals surface area contributed by atoms with Gasteiger partial charge in [-0.2, -0.15) is 15.4 Å². The van der Waals surface area contributed by atoms with Gasteiger partial charge in [0, 0.05) is 17.4 Å². The van der Waals surface area contributed by atoms with E-state index in [-0.39, 0.29) is 5.56 Å². The standard InChI is InChI=1S/C23H22N4O2/c28-23-22(29-17-18-8-3-1-4-9-18)19(10-7-11-20-16-24-26-25-20)14-15-27(23)21-12-5-2-6-13-21/h1-6,8-9,12-16H,7,10-11,17H2,(H,24,25,26). The molecule has 2 heterocycles. The maximum absolute atomic E-state index is 13.2. The molecule has 2 aromatic carbocycles. The molecular weight excluding hydrogens is 364 g/mol. The van der Waals surface area contributed by atoms with E-state index in [2.05, 4.69) is 15.4 Å². The summed E-state index contributed by atoms with van der Waals surface area (Å²) in [5.41, 5.74) is 3.51. The Hall–Kier alpha value is -3.67. The van der Waals surface area contributed by atoms with Crippen LogP contribution < -0.4 is 10.3 Å². The molecule has 0 unspecified atom stereocenters. The van der Waals surface area contributed by atoms with E-state index in [9.17, 15) is 4.79 Å². The third-order valence-electron chi connectivity index (χ3n) is 4.73. The van der Waals surface area contributed by atoms with Gasteiger partial charge < -0.3 is 4.74 Å². The molecule has 0 spiro atoms. The number of aromatic nitrogens is 4. The smallest absolute Gasteiger partial charge is 0.297 e. The van der Waals surface area contributed by atoms with Gasteiger partial charge >= 0.3 is 0 Å². The predicted octanol–water partition coefficient (Wildman–Crippen LogP) is 3.71. The summed E-state index contributed by atoms with van der Waals surface area (Å²) in [6.07, 6.45) is 5.90. The summed E-state index contributed by atoms with van der Waals surface area (Å²) in [5.74, 6) is 0.403. The number of nitrogens with zero attached hydrogens (tertiary/aromatic N) is 3. The number of H-pyrrole nitrogens is 1. The molecule has 0 saturated heterocycles. The van der Waals surface area contributed by atoms with Crippen molar-refractivity contribution >= 4 is 0 Å². The van der Waals surface area contributed by atoms with Gasteiger partial charge in [0.1, 0.15) is 6.61 Å². The maximum atomic E-state index is 13.2. The van der Waals surface area contributed by atoms with Crippen molar-refractivity contribution in [2.45, 2.75) is 25.9 Å². The fourth-order valence-corrected chi connectivity index (χ4v) is 3.23. The Morgan fingerprint density at radius 1 is 0.931 bits per heavy atom. The van der Waals surface area contributed by atoms with Crippen LogP contribution in [0.25, 0.3) is 5.69 Å². The van der Waals surface area contributed by atoms with Crippen LogP contribution >= 0.6 is 0 Å². The van der Waals surface area contributed by atoms with E-state index in [1.54, 1.807) is 10.8 Å². The highest BCUT2D eigenvalue weighted by atomic mass is 16.5. The predicted molar refractivity (Wildman–Crippen MR) is 111 cm³/mol. The number of hydrogen-bond acceptors (Lipinski definition) is 4. The molecular formula is C23H22N4O2. The largest absolute Gasteiger partial charge is 0.483 e. The van der Waals surface area contributed by atoms with Gasteiger partial charge in [0.15, 0.2) is 5.75 Å². The minimum absolute atomic E-state index is 0.147. The highest BCUT2D eigenvalue weighted by Crippen LogP contribution is 2.19. The van der Waals surface area contributed by atoms with Crippen molar-refractivity contribution in [3.8, 4) is 11.4 Å². The van der Waals surface area contributed by atoms with Crippen LogP contribution in [0.2, 0.25) is 0 Å². The Labute approximate surface area is 168 Å². The van der Waals surface area contributed by atoms with Crippen LogP contribution in [-0.2, 0) is 19.4 Å². The third kappa shape index (κ3) is 4.60. The molecule has 0 aliphatic heterocycles. The van der Waals surface area contributed by atoms with Crippen molar-refractivity contribution in [2.75, 3.05) is 0 Å². The summed E-state index contributed by atoms with van der Waals surface area (Å²) >= 11 is 0. The highest BCUT2D eigenvalue weighted by molar-refractivity contribution is 5.38. The first-order valence-corrected chi connectivity index (χ1v) is 9.62. The van der Waals surface area contributed by atoms with Crippen molar-refractivity contribution in [1.82, 2.24) is 20.0 Å². The SMILES string of the molecule is O=c1c(OCc2ccccc2)c(CCCc2cn[nH]n2)ccn1-c1ccccc1. The summed E-state index contributed by atoms with van der Waals surface area (Å²) in [4.78, 5) is 13.2. The van der Waals surface area contributed by atoms with Gasteiger partial charge in [0.25, 0.3) is 5.56 Å². The van der Waals surface area contributed by atoms with Crippen molar-refractivity contribution < 1.29 is 4.74 Å². The molecule has 6 nitrogen and oxygen atoms in total. The molecule has 0 aliphatic carbocycles. The number of nitrogens with one attached hydrogen (secondary N) is 1. The topological polar surface area (TPSA) is 72.8 Å². The van der Waals surface area contributed by atoms with Gasteiger partial charge in [-0.1, -0.05) is 48.5 Å². The second-order valence-corrected chi connectivity index (χ2v) is 6.77. The van der Waals surface area contributed by atoms with Gasteiger partial charge in [-0.3, -0.25) is 9.36 Å². The normalized spacial score (nSPS) is 10.8. The van der Waals surface area contributed by atoms with E-state index >= 15 is 0 Å². The van der Waals surface area contributed by atoms with Crippen LogP contribution in [0.1, 0.15) is 23.2 Å². The zero-order chi connectivity index (χ0) is 19.9. The van der Waals surface area contributed by atoms with Crippen molar-refractivity contribution in [3.63, 3.8) is 0 Å². The molecule has 0 fully saturated rings. The Morgan fingerprint density at radius 3 is 2.41 bits per heavy atom. The van der Waals surface area contributed by atoms with Gasteiger partial charge in [0.2, 0.25) is 0 Å². The lowest BCUT2D eigenvalue weighted by Crippen LogP contribution is -2.21. The molecule has 0 radical (unpaired) electrons. The van der Waals surface area contributed by atoms with E-state index in [0.717, 1.165) is 41.8 Å². The summed E-state index contributed by atoms with van der Waals surface area (Å²) in [6.45, 7) is 0.352. The fourth-order valence-electron chi connectivity index (χ4n) is 3.23. The van der Waals surface area contributed by atoms with E-state index < -0.39 is 0 Å². The Bertz CT molecular complexity index is 1090. The fraction of sp³-hybridized carbons (Fsp3) is 0.174. The van der Waals surface area contributed by atoms with Crippen molar-refractivity contribution in [3.05, 3.63) is 106 Å². The molecule has 4 rings (SSSR count). The lowest BCUT2D eigenvalue weighted by molar-refractivity contribution is 0.297. The summed E-state index contributed by atoms with van der Waals surface area (Å²) in [5, 5.41) is 10.5. The molecule has 0 saturated carbocycles. The third-order valence-corrected chi connectivity index (χ3v) is 4.73. The quantitative estimate of drug-likeness (QED) is 0.501. The second kappa shape index (κ2) is 9.01. The minimum Gasteiger partial charge on any atom is -0.483 e. The van der Waals surface area contributed by atoms with Crippen LogP contribution in [0, 0.1) is 0 Å². The van der Waals surface area contributed by atoms with E-state index in [0.29, 0.717) is 12.4 Å². The minimum atomic E-state index is -0.147. The number of para-hydroxylation sites is 1. The van der Waals surface area contributed by atoms with Crippen LogP contribution in [0.3, 0.4) is 0 Å². The van der Waals surface area contributed by atoms with E-state index in [1.807, 2.05) is 72.9 Å². The summed E-state index contributed by atoms with van der Waals surface area (Å²) < 4.78 is 7.66. The number of ether oxygens (including phenoxy) is 1. The summed E-state index contributed by atoms with van der Waals surface area (Å²) in [7, 11) is 0. The number of pyridine rings is 1. The molecule has 29 heavy (non-hydrogen) atoms. The first-order valence-electron chi connectivity index (χ1n) is 9.62. The zero-order valence-electron chi connectivity index (χ0n) is 16.0. The second-order valence-electron chi connectivity index (χ2n) is 6.77. The van der Waals surface area contributed by atoms with Crippen LogP contribution in [0.15, 0.2) is 83.9 Å². The van der Waals surface area contributed by atoms with Crippen molar-refractivity contribution in [2.24, 2.45) is 0 Å². The Kier molecular flexibility index (Phi) is 5.81. The maximum Gasteiger partial charge on any atom is 0.297 e. The summed E-state index contributed by atoms with van der Waals surface area (Å²) in [6, 6.07) is 21.4. The number of aromatic amines is 1. The number of benzene rings is 2. The number of hydrogen-bond donors (Lipinski definition) is 1. The monoisotopic (exact) mass is 386 g/mol. The molecule has 0 amide bonds. The highest BCUT2D eigenvalue weighted by Gasteiger charge is 2.13. The molecule has 6 heteroatoms. The van der Waals surface area contributed by atoms with Gasteiger partial charge in [-0.25, -0.2) is 0 Å². The molecule has 1 N–H and O–H groups in total. The van der Waals surface area contributed by atoms with Crippen LogP contribution in [0.4, 0.5) is 0 Å². The van der Waals surface area contributed by atoms with E-state index in [4.69, 9.17) is 4.74 Å². The van der Waals surface area contributed by atoms with Gasteiger partial charge in [-0.05, 0) is 43.0 Å². The average molecular weight is 386 g/mol.